The van der Waals surface area contributed by atoms with Crippen LogP contribution in [0.4, 0.5) is 0 Å². The minimum absolute atomic E-state index is 0.145. The van der Waals surface area contributed by atoms with Gasteiger partial charge in [0.05, 0.1) is 13.2 Å². The zero-order valence-electron chi connectivity index (χ0n) is 14.4. The van der Waals surface area contributed by atoms with E-state index in [0.717, 1.165) is 38.5 Å². The van der Waals surface area contributed by atoms with Crippen molar-refractivity contribution in [2.24, 2.45) is 0 Å². The molecule has 24 heavy (non-hydrogen) atoms. The van der Waals surface area contributed by atoms with Crippen molar-refractivity contribution in [3.8, 4) is 0 Å². The van der Waals surface area contributed by atoms with E-state index in [1.165, 1.54) is 0 Å². The van der Waals surface area contributed by atoms with Crippen LogP contribution in [0.15, 0.2) is 0 Å². The van der Waals surface area contributed by atoms with Crippen LogP contribution in [0.2, 0.25) is 0 Å². The van der Waals surface area contributed by atoms with Gasteiger partial charge in [-0.15, -0.1) is 0 Å². The number of unbranched alkanes of at least 4 members (excludes halogenated alkanes) is 6. The maximum atomic E-state index is 12.1. The summed E-state index contributed by atoms with van der Waals surface area (Å²) in [6.45, 7) is 3.71. The third kappa shape index (κ3) is 9.30. The Balaban J connectivity index is 4.69. The standard InChI is InChI=1S/C14H30O8P2/c1-3-5-7-9-11-21-23(17,18)14(13(15)16)24(19,20)22-12-10-8-6-4-2/h14H,3-12H2,1-2H3,(H,15,16)(H,17,18)(H,19,20). The first kappa shape index (κ1) is 23.8. The maximum Gasteiger partial charge on any atom is 0.354 e. The predicted octanol–water partition coefficient (Wildman–Crippen LogP) is 3.96. The first-order valence-corrected chi connectivity index (χ1v) is 11.6. The number of carboxylic acids is 1. The van der Waals surface area contributed by atoms with Crippen LogP contribution in [0.3, 0.4) is 0 Å². The molecule has 0 bridgehead atoms. The number of rotatable bonds is 15. The average molecular weight is 388 g/mol. The van der Waals surface area contributed by atoms with E-state index in [1.807, 2.05) is 13.8 Å². The van der Waals surface area contributed by atoms with E-state index in [1.54, 1.807) is 0 Å². The highest BCUT2D eigenvalue weighted by Crippen LogP contribution is 2.65. The van der Waals surface area contributed by atoms with Gasteiger partial charge in [-0.1, -0.05) is 52.4 Å². The summed E-state index contributed by atoms with van der Waals surface area (Å²) >= 11 is 0. The second-order valence-electron chi connectivity index (χ2n) is 5.63. The summed E-state index contributed by atoms with van der Waals surface area (Å²) in [4.78, 5) is 30.9. The lowest BCUT2D eigenvalue weighted by molar-refractivity contribution is -0.135. The van der Waals surface area contributed by atoms with Crippen LogP contribution >= 0.6 is 15.2 Å². The number of carboxylic acid groups (broad SMARTS) is 1. The van der Waals surface area contributed by atoms with Crippen molar-refractivity contribution in [2.45, 2.75) is 70.6 Å². The van der Waals surface area contributed by atoms with Gasteiger partial charge in [-0.2, -0.15) is 0 Å². The molecule has 0 rings (SSSR count). The minimum atomic E-state index is -4.83. The van der Waals surface area contributed by atoms with Gasteiger partial charge in [-0.25, -0.2) is 0 Å². The Morgan fingerprint density at radius 1 is 0.833 bits per heavy atom. The van der Waals surface area contributed by atoms with Gasteiger partial charge in [0.2, 0.25) is 0 Å². The van der Waals surface area contributed by atoms with Crippen molar-refractivity contribution < 1.29 is 37.9 Å². The minimum Gasteiger partial charge on any atom is -0.480 e. The van der Waals surface area contributed by atoms with Gasteiger partial charge < -0.3 is 23.9 Å². The van der Waals surface area contributed by atoms with E-state index in [0.29, 0.717) is 12.8 Å². The Morgan fingerprint density at radius 3 is 1.50 bits per heavy atom. The van der Waals surface area contributed by atoms with Gasteiger partial charge in [0, 0.05) is 0 Å². The molecule has 0 aliphatic carbocycles. The predicted molar refractivity (Wildman–Crippen MR) is 91.3 cm³/mol. The SMILES string of the molecule is CCCCCCOP(=O)(O)C(C(=O)O)P(=O)(O)OCCCCCC. The van der Waals surface area contributed by atoms with E-state index in [2.05, 4.69) is 0 Å². The van der Waals surface area contributed by atoms with Gasteiger partial charge in [-0.05, 0) is 12.8 Å². The molecule has 0 fully saturated rings. The molecule has 0 spiro atoms. The smallest absolute Gasteiger partial charge is 0.354 e. The molecule has 2 atom stereocenters. The zero-order chi connectivity index (χ0) is 18.6. The molecule has 10 heteroatoms. The summed E-state index contributed by atoms with van der Waals surface area (Å²) in [5.41, 5.74) is 0. The lowest BCUT2D eigenvalue weighted by Crippen LogP contribution is -2.23. The summed E-state index contributed by atoms with van der Waals surface area (Å²) < 4.78 is 33.7. The van der Waals surface area contributed by atoms with Gasteiger partial charge in [0.25, 0.3) is 5.40 Å². The number of hydrogen-bond acceptors (Lipinski definition) is 5. The molecule has 0 aliphatic rings. The summed E-state index contributed by atoms with van der Waals surface area (Å²) in [7, 11) is -9.66. The molecule has 0 amide bonds. The molecular weight excluding hydrogens is 358 g/mol. The maximum absolute atomic E-state index is 12.1. The fourth-order valence-corrected chi connectivity index (χ4v) is 5.55. The Bertz CT molecular complexity index is 420. The molecule has 0 aromatic carbocycles. The lowest BCUT2D eigenvalue weighted by Gasteiger charge is -2.23. The molecule has 0 heterocycles. The fraction of sp³-hybridized carbons (Fsp3) is 0.929. The fourth-order valence-electron chi connectivity index (χ4n) is 2.05. The topological polar surface area (TPSA) is 130 Å². The Morgan fingerprint density at radius 2 is 1.21 bits per heavy atom. The van der Waals surface area contributed by atoms with Crippen LogP contribution in [-0.4, -0.2) is 39.5 Å². The Kier molecular flexibility index (Phi) is 12.1. The van der Waals surface area contributed by atoms with E-state index in [-0.39, 0.29) is 13.2 Å². The lowest BCUT2D eigenvalue weighted by atomic mass is 10.2. The van der Waals surface area contributed by atoms with Crippen LogP contribution in [0.25, 0.3) is 0 Å². The highest BCUT2D eigenvalue weighted by Gasteiger charge is 2.53. The van der Waals surface area contributed by atoms with Crippen LogP contribution in [0.1, 0.15) is 65.2 Å². The molecule has 0 aromatic heterocycles. The molecule has 0 saturated heterocycles. The molecule has 0 radical (unpaired) electrons. The molecule has 0 aliphatic heterocycles. The monoisotopic (exact) mass is 388 g/mol. The van der Waals surface area contributed by atoms with Crippen LogP contribution in [0, 0.1) is 0 Å². The number of hydrogen-bond donors (Lipinski definition) is 3. The van der Waals surface area contributed by atoms with Crippen LogP contribution in [-0.2, 0) is 23.0 Å². The third-order valence-corrected chi connectivity index (χ3v) is 7.92. The Labute approximate surface area is 143 Å². The van der Waals surface area contributed by atoms with Crippen molar-refractivity contribution in [1.29, 1.82) is 0 Å². The molecule has 144 valence electrons. The van der Waals surface area contributed by atoms with Crippen LogP contribution < -0.4 is 0 Å². The van der Waals surface area contributed by atoms with E-state index < -0.39 is 26.6 Å². The first-order chi connectivity index (χ1) is 11.2. The van der Waals surface area contributed by atoms with Gasteiger partial charge in [0.15, 0.2) is 0 Å². The Hall–Kier alpha value is -0.230. The second-order valence-corrected chi connectivity index (χ2v) is 9.84. The highest BCUT2D eigenvalue weighted by atomic mass is 31.2. The molecule has 3 N–H and O–H groups in total. The number of carbonyl (C=O) groups is 1. The summed E-state index contributed by atoms with van der Waals surface area (Å²) in [5, 5.41) is 6.62. The summed E-state index contributed by atoms with van der Waals surface area (Å²) in [6.07, 6.45) is 6.23. The van der Waals surface area contributed by atoms with E-state index in [4.69, 9.17) is 14.2 Å². The van der Waals surface area contributed by atoms with Crippen molar-refractivity contribution in [2.75, 3.05) is 13.2 Å². The quantitative estimate of drug-likeness (QED) is 0.284. The van der Waals surface area contributed by atoms with Crippen molar-refractivity contribution in [1.82, 2.24) is 0 Å². The van der Waals surface area contributed by atoms with Gasteiger partial charge in [0.1, 0.15) is 0 Å². The summed E-state index contributed by atoms with van der Waals surface area (Å²) in [5.74, 6) is -1.88. The average Bonchev–Trinajstić information content (AvgIpc) is 2.45. The van der Waals surface area contributed by atoms with Crippen molar-refractivity contribution in [3.63, 3.8) is 0 Å². The molecule has 8 nitrogen and oxygen atoms in total. The summed E-state index contributed by atoms with van der Waals surface area (Å²) in [6, 6.07) is 0. The molecule has 0 aromatic rings. The highest BCUT2D eigenvalue weighted by molar-refractivity contribution is 7.73. The second kappa shape index (κ2) is 12.2. The van der Waals surface area contributed by atoms with E-state index >= 15 is 0 Å². The third-order valence-electron chi connectivity index (χ3n) is 3.39. The van der Waals surface area contributed by atoms with E-state index in [9.17, 15) is 23.7 Å². The zero-order valence-corrected chi connectivity index (χ0v) is 16.2. The van der Waals surface area contributed by atoms with Gasteiger partial charge in [-0.3, -0.25) is 13.9 Å². The van der Waals surface area contributed by atoms with Crippen LogP contribution in [0.5, 0.6) is 0 Å². The molecule has 0 saturated carbocycles. The van der Waals surface area contributed by atoms with Gasteiger partial charge >= 0.3 is 21.2 Å². The molecular formula is C14H30O8P2. The van der Waals surface area contributed by atoms with Crippen molar-refractivity contribution in [3.05, 3.63) is 0 Å². The van der Waals surface area contributed by atoms with Crippen molar-refractivity contribution >= 4 is 21.2 Å². The number of aliphatic carboxylic acids is 1. The normalized spacial score (nSPS) is 17.8. The largest absolute Gasteiger partial charge is 0.480 e. The first-order valence-electron chi connectivity index (χ1n) is 8.35. The molecule has 2 unspecified atom stereocenters.